The molecule has 0 saturated carbocycles. The first kappa shape index (κ1) is 12.5. The molecule has 1 unspecified atom stereocenters. The molecule has 1 aromatic rings. The molecule has 0 amide bonds. The van der Waals surface area contributed by atoms with E-state index in [-0.39, 0.29) is 12.2 Å². The lowest BCUT2D eigenvalue weighted by Crippen LogP contribution is -2.21. The zero-order valence-corrected chi connectivity index (χ0v) is 10.1. The number of rotatable bonds is 4. The van der Waals surface area contributed by atoms with Gasteiger partial charge in [0.25, 0.3) is 0 Å². The van der Waals surface area contributed by atoms with E-state index < -0.39 is 6.10 Å². The average Bonchev–Trinajstić information content (AvgIpc) is 2.22. The fourth-order valence-corrected chi connectivity index (χ4v) is 1.52. The van der Waals surface area contributed by atoms with Crippen molar-refractivity contribution in [1.29, 1.82) is 0 Å². The summed E-state index contributed by atoms with van der Waals surface area (Å²) in [5.74, 6) is -0.0123. The van der Waals surface area contributed by atoms with Gasteiger partial charge in [-0.15, -0.1) is 0 Å². The van der Waals surface area contributed by atoms with Crippen LogP contribution in [0, 0.1) is 0 Å². The summed E-state index contributed by atoms with van der Waals surface area (Å²) in [5, 5.41) is 1.13. The number of carbonyl (C=O) groups is 1. The van der Waals surface area contributed by atoms with Crippen molar-refractivity contribution in [3.63, 3.8) is 0 Å². The molecule has 15 heavy (non-hydrogen) atoms. The Morgan fingerprint density at radius 2 is 2.13 bits per heavy atom. The Balaban J connectivity index is 2.80. The van der Waals surface area contributed by atoms with E-state index in [2.05, 4.69) is 0 Å². The van der Waals surface area contributed by atoms with Gasteiger partial charge in [-0.2, -0.15) is 0 Å². The Kier molecular flexibility index (Phi) is 4.58. The fraction of sp³-hybridized carbons (Fsp3) is 0.364. The van der Waals surface area contributed by atoms with Gasteiger partial charge in [0.2, 0.25) is 0 Å². The number of ether oxygens (including phenoxy) is 1. The van der Waals surface area contributed by atoms with Gasteiger partial charge in [-0.3, -0.25) is 4.79 Å². The molecule has 0 N–H and O–H groups in total. The minimum absolute atomic E-state index is 0.0123. The molecule has 4 heteroatoms. The van der Waals surface area contributed by atoms with Crippen LogP contribution in [0.5, 0.6) is 0 Å². The topological polar surface area (TPSA) is 26.3 Å². The number of methoxy groups -OCH3 is 1. The summed E-state index contributed by atoms with van der Waals surface area (Å²) in [6, 6.07) is 5.08. The lowest BCUT2D eigenvalue weighted by molar-refractivity contribution is -0.127. The molecular weight excluding hydrogens is 235 g/mol. The van der Waals surface area contributed by atoms with Crippen LogP contribution in [0.15, 0.2) is 18.2 Å². The summed E-state index contributed by atoms with van der Waals surface area (Å²) in [7, 11) is 1.50. The molecule has 0 radical (unpaired) electrons. The molecule has 0 aliphatic rings. The predicted octanol–water partition coefficient (Wildman–Crippen LogP) is 3.14. The van der Waals surface area contributed by atoms with Gasteiger partial charge in [0, 0.05) is 23.6 Å². The fourth-order valence-electron chi connectivity index (χ4n) is 1.14. The molecule has 1 aromatic carbocycles. The zero-order chi connectivity index (χ0) is 11.4. The number of hydrogen-bond acceptors (Lipinski definition) is 2. The van der Waals surface area contributed by atoms with Crippen molar-refractivity contribution < 1.29 is 9.53 Å². The van der Waals surface area contributed by atoms with Crippen molar-refractivity contribution in [2.24, 2.45) is 0 Å². The Bertz CT molecular complexity index is 364. The van der Waals surface area contributed by atoms with E-state index in [0.29, 0.717) is 10.0 Å². The molecule has 0 heterocycles. The molecule has 0 aromatic heterocycles. The van der Waals surface area contributed by atoms with Crippen molar-refractivity contribution in [3.05, 3.63) is 33.8 Å². The van der Waals surface area contributed by atoms with E-state index in [4.69, 9.17) is 27.9 Å². The summed E-state index contributed by atoms with van der Waals surface area (Å²) >= 11 is 11.7. The second kappa shape index (κ2) is 5.50. The highest BCUT2D eigenvalue weighted by molar-refractivity contribution is 6.33. The van der Waals surface area contributed by atoms with E-state index in [0.717, 1.165) is 5.56 Å². The van der Waals surface area contributed by atoms with E-state index >= 15 is 0 Å². The van der Waals surface area contributed by atoms with Gasteiger partial charge in [-0.1, -0.05) is 23.2 Å². The minimum atomic E-state index is -0.417. The number of Topliss-reactive ketones (excluding diaryl/α,β-unsaturated/α-hetero) is 1. The number of hydrogen-bond donors (Lipinski definition) is 0. The molecule has 82 valence electrons. The summed E-state index contributed by atoms with van der Waals surface area (Å²) in [4.78, 5) is 11.6. The van der Waals surface area contributed by atoms with Crippen LogP contribution in [0.25, 0.3) is 0 Å². The Labute approximate surface area is 99.1 Å². The highest BCUT2D eigenvalue weighted by Crippen LogP contribution is 2.21. The molecule has 0 aliphatic carbocycles. The van der Waals surface area contributed by atoms with Gasteiger partial charge < -0.3 is 4.74 Å². The van der Waals surface area contributed by atoms with Gasteiger partial charge in [0.1, 0.15) is 6.10 Å². The number of halogens is 2. The first-order valence-electron chi connectivity index (χ1n) is 4.54. The standard InChI is InChI=1S/C11H12Cl2O2/c1-7(15-2)11(14)6-8-5-9(12)3-4-10(8)13/h3-5,7H,6H2,1-2H3. The van der Waals surface area contributed by atoms with Gasteiger partial charge in [0.15, 0.2) is 5.78 Å². The van der Waals surface area contributed by atoms with E-state index in [1.165, 1.54) is 7.11 Å². The monoisotopic (exact) mass is 246 g/mol. The maximum absolute atomic E-state index is 11.6. The third-order valence-electron chi connectivity index (χ3n) is 2.18. The lowest BCUT2D eigenvalue weighted by atomic mass is 10.1. The lowest BCUT2D eigenvalue weighted by Gasteiger charge is -2.09. The van der Waals surface area contributed by atoms with Crippen molar-refractivity contribution in [2.75, 3.05) is 7.11 Å². The van der Waals surface area contributed by atoms with E-state index in [9.17, 15) is 4.79 Å². The van der Waals surface area contributed by atoms with Crippen LogP contribution in [0.4, 0.5) is 0 Å². The second-order valence-corrected chi connectivity index (χ2v) is 4.10. The van der Waals surface area contributed by atoms with Crippen LogP contribution in [0.3, 0.4) is 0 Å². The van der Waals surface area contributed by atoms with Gasteiger partial charge >= 0.3 is 0 Å². The quantitative estimate of drug-likeness (QED) is 0.816. The van der Waals surface area contributed by atoms with Crippen LogP contribution in [0.2, 0.25) is 10.0 Å². The highest BCUT2D eigenvalue weighted by atomic mass is 35.5. The van der Waals surface area contributed by atoms with Gasteiger partial charge in [-0.25, -0.2) is 0 Å². The minimum Gasteiger partial charge on any atom is -0.374 e. The second-order valence-electron chi connectivity index (χ2n) is 3.26. The maximum atomic E-state index is 11.6. The Morgan fingerprint density at radius 1 is 1.47 bits per heavy atom. The van der Waals surface area contributed by atoms with E-state index in [1.807, 2.05) is 0 Å². The summed E-state index contributed by atoms with van der Waals surface area (Å²) in [5.41, 5.74) is 0.734. The Hall–Kier alpha value is -0.570. The Morgan fingerprint density at radius 3 is 2.73 bits per heavy atom. The third-order valence-corrected chi connectivity index (χ3v) is 2.78. The van der Waals surface area contributed by atoms with E-state index in [1.54, 1.807) is 25.1 Å². The van der Waals surface area contributed by atoms with Crippen LogP contribution in [-0.4, -0.2) is 19.0 Å². The summed E-state index contributed by atoms with van der Waals surface area (Å²) in [6.45, 7) is 1.71. The first-order valence-corrected chi connectivity index (χ1v) is 5.29. The van der Waals surface area contributed by atoms with Crippen LogP contribution in [-0.2, 0) is 16.0 Å². The number of carbonyl (C=O) groups excluding carboxylic acids is 1. The number of benzene rings is 1. The van der Waals surface area contributed by atoms with Crippen molar-refractivity contribution >= 4 is 29.0 Å². The van der Waals surface area contributed by atoms with Gasteiger partial charge in [-0.05, 0) is 30.7 Å². The molecule has 1 rings (SSSR count). The summed E-state index contributed by atoms with van der Waals surface area (Å²) in [6.07, 6.45) is -0.172. The molecule has 0 fully saturated rings. The molecule has 0 aliphatic heterocycles. The molecule has 1 atom stereocenters. The zero-order valence-electron chi connectivity index (χ0n) is 8.59. The maximum Gasteiger partial charge on any atom is 0.165 e. The van der Waals surface area contributed by atoms with Crippen LogP contribution >= 0.6 is 23.2 Å². The molecule has 2 nitrogen and oxygen atoms in total. The largest absolute Gasteiger partial charge is 0.374 e. The molecule has 0 spiro atoms. The SMILES string of the molecule is COC(C)C(=O)Cc1cc(Cl)ccc1Cl. The third kappa shape index (κ3) is 3.49. The van der Waals surface area contributed by atoms with Crippen molar-refractivity contribution in [2.45, 2.75) is 19.4 Å². The van der Waals surface area contributed by atoms with Crippen LogP contribution < -0.4 is 0 Å². The number of ketones is 1. The first-order chi connectivity index (χ1) is 7.04. The molecule has 0 saturated heterocycles. The average molecular weight is 247 g/mol. The predicted molar refractivity (Wildman–Crippen MR) is 61.6 cm³/mol. The molecule has 0 bridgehead atoms. The smallest absolute Gasteiger partial charge is 0.165 e. The van der Waals surface area contributed by atoms with Crippen LogP contribution in [0.1, 0.15) is 12.5 Å². The highest BCUT2D eigenvalue weighted by Gasteiger charge is 2.14. The van der Waals surface area contributed by atoms with Gasteiger partial charge in [0.05, 0.1) is 0 Å². The van der Waals surface area contributed by atoms with Crippen molar-refractivity contribution in [3.8, 4) is 0 Å². The summed E-state index contributed by atoms with van der Waals surface area (Å²) < 4.78 is 4.93. The normalized spacial score (nSPS) is 12.5. The molecular formula is C11H12Cl2O2. The van der Waals surface area contributed by atoms with Crippen molar-refractivity contribution in [1.82, 2.24) is 0 Å².